The standard InChI is InChI=1S/C22H26N4O5S2/c1-3-25(4-2)32(28,29)20-10-7-9-18(16-20)22(27)24-12-14-26(15-13-24)33(30,31)21-11-6-5-8-19(21)17-23/h5-11,16H,3-4,12-15H2,1-2H3. The van der Waals surface area contributed by atoms with Crippen molar-refractivity contribution in [3.8, 4) is 6.07 Å². The second kappa shape index (κ2) is 10.0. The van der Waals surface area contributed by atoms with Crippen LogP contribution in [0, 0.1) is 11.3 Å². The molecule has 1 aliphatic heterocycles. The number of hydrogen-bond acceptors (Lipinski definition) is 6. The minimum Gasteiger partial charge on any atom is -0.336 e. The van der Waals surface area contributed by atoms with Crippen LogP contribution in [-0.4, -0.2) is 75.5 Å². The highest BCUT2D eigenvalue weighted by atomic mass is 32.2. The Morgan fingerprint density at radius 3 is 2.21 bits per heavy atom. The van der Waals surface area contributed by atoms with Gasteiger partial charge in [0, 0.05) is 44.8 Å². The summed E-state index contributed by atoms with van der Waals surface area (Å²) in [5, 5.41) is 9.23. The third-order valence-corrected chi connectivity index (χ3v) is 9.58. The molecule has 1 fully saturated rings. The van der Waals surface area contributed by atoms with Gasteiger partial charge in [0.25, 0.3) is 5.91 Å². The lowest BCUT2D eigenvalue weighted by Crippen LogP contribution is -2.50. The molecule has 1 amide bonds. The monoisotopic (exact) mass is 490 g/mol. The van der Waals surface area contributed by atoms with E-state index in [-0.39, 0.29) is 53.0 Å². The molecule has 0 spiro atoms. The van der Waals surface area contributed by atoms with Crippen LogP contribution >= 0.6 is 0 Å². The average Bonchev–Trinajstić information content (AvgIpc) is 2.84. The van der Waals surface area contributed by atoms with Crippen molar-refractivity contribution in [2.24, 2.45) is 0 Å². The van der Waals surface area contributed by atoms with Crippen molar-refractivity contribution in [1.29, 1.82) is 5.26 Å². The van der Waals surface area contributed by atoms with Gasteiger partial charge in [0.05, 0.1) is 15.4 Å². The second-order valence-electron chi connectivity index (χ2n) is 7.42. The minimum absolute atomic E-state index is 0.0476. The summed E-state index contributed by atoms with van der Waals surface area (Å²) in [7, 11) is -7.58. The number of piperazine rings is 1. The van der Waals surface area contributed by atoms with Gasteiger partial charge in [-0.25, -0.2) is 16.8 Å². The molecule has 0 aromatic heterocycles. The van der Waals surface area contributed by atoms with Crippen LogP contribution in [0.25, 0.3) is 0 Å². The van der Waals surface area contributed by atoms with Crippen LogP contribution in [0.4, 0.5) is 0 Å². The zero-order chi connectivity index (χ0) is 24.2. The van der Waals surface area contributed by atoms with Gasteiger partial charge in [-0.05, 0) is 30.3 Å². The summed E-state index contributed by atoms with van der Waals surface area (Å²) in [6.45, 7) is 4.60. The normalized spacial score (nSPS) is 15.4. The number of nitrogens with zero attached hydrogens (tertiary/aromatic N) is 4. The molecule has 33 heavy (non-hydrogen) atoms. The molecule has 0 atom stereocenters. The first-order chi connectivity index (χ1) is 15.7. The zero-order valence-electron chi connectivity index (χ0n) is 18.5. The molecule has 0 aliphatic carbocycles. The quantitative estimate of drug-likeness (QED) is 0.583. The molecule has 0 bridgehead atoms. The predicted molar refractivity (Wildman–Crippen MR) is 122 cm³/mol. The Bertz CT molecular complexity index is 1270. The molecular formula is C22H26N4O5S2. The van der Waals surface area contributed by atoms with Crippen molar-refractivity contribution in [2.75, 3.05) is 39.3 Å². The first-order valence-electron chi connectivity index (χ1n) is 10.6. The number of benzene rings is 2. The lowest BCUT2D eigenvalue weighted by molar-refractivity contribution is 0.0697. The number of sulfonamides is 2. The van der Waals surface area contributed by atoms with Gasteiger partial charge in [-0.1, -0.05) is 32.0 Å². The summed E-state index contributed by atoms with van der Waals surface area (Å²) in [6, 6.07) is 13.8. The number of hydrogen-bond donors (Lipinski definition) is 0. The average molecular weight is 491 g/mol. The molecule has 1 aliphatic rings. The molecule has 1 saturated heterocycles. The van der Waals surface area contributed by atoms with Crippen LogP contribution in [-0.2, 0) is 20.0 Å². The predicted octanol–water partition coefficient (Wildman–Crippen LogP) is 1.74. The maximum Gasteiger partial charge on any atom is 0.253 e. The summed E-state index contributed by atoms with van der Waals surface area (Å²) in [6.07, 6.45) is 0. The topological polar surface area (TPSA) is 119 Å². The molecule has 1 heterocycles. The van der Waals surface area contributed by atoms with E-state index in [1.165, 1.54) is 43.8 Å². The molecule has 0 saturated carbocycles. The molecule has 3 rings (SSSR count). The third kappa shape index (κ3) is 4.94. The highest BCUT2D eigenvalue weighted by molar-refractivity contribution is 7.89. The van der Waals surface area contributed by atoms with Gasteiger partial charge in [-0.15, -0.1) is 0 Å². The number of nitriles is 1. The van der Waals surface area contributed by atoms with Crippen molar-refractivity contribution in [1.82, 2.24) is 13.5 Å². The van der Waals surface area contributed by atoms with Crippen LogP contribution < -0.4 is 0 Å². The molecule has 176 valence electrons. The lowest BCUT2D eigenvalue weighted by atomic mass is 10.2. The molecule has 11 heteroatoms. The summed E-state index contributed by atoms with van der Waals surface area (Å²) in [5.74, 6) is -0.360. The Kier molecular flexibility index (Phi) is 7.54. The molecule has 2 aromatic carbocycles. The summed E-state index contributed by atoms with van der Waals surface area (Å²) in [5.41, 5.74) is 0.302. The smallest absolute Gasteiger partial charge is 0.253 e. The fourth-order valence-electron chi connectivity index (χ4n) is 3.74. The maximum atomic E-state index is 13.0. The Morgan fingerprint density at radius 1 is 0.970 bits per heavy atom. The van der Waals surface area contributed by atoms with E-state index in [2.05, 4.69) is 0 Å². The van der Waals surface area contributed by atoms with Gasteiger partial charge in [-0.2, -0.15) is 13.9 Å². The molecule has 9 nitrogen and oxygen atoms in total. The van der Waals surface area contributed by atoms with E-state index < -0.39 is 20.0 Å². The first kappa shape index (κ1) is 24.9. The minimum atomic E-state index is -3.87. The zero-order valence-corrected chi connectivity index (χ0v) is 20.1. The van der Waals surface area contributed by atoms with Crippen molar-refractivity contribution < 1.29 is 21.6 Å². The van der Waals surface area contributed by atoms with Gasteiger partial charge < -0.3 is 4.90 Å². The van der Waals surface area contributed by atoms with Gasteiger partial charge in [0.1, 0.15) is 6.07 Å². The van der Waals surface area contributed by atoms with Crippen molar-refractivity contribution in [3.63, 3.8) is 0 Å². The van der Waals surface area contributed by atoms with Crippen molar-refractivity contribution >= 4 is 26.0 Å². The van der Waals surface area contributed by atoms with E-state index in [0.29, 0.717) is 13.1 Å². The Morgan fingerprint density at radius 2 is 1.61 bits per heavy atom. The highest BCUT2D eigenvalue weighted by Gasteiger charge is 2.32. The fraction of sp³-hybridized carbons (Fsp3) is 0.364. The Labute approximate surface area is 194 Å². The Balaban J connectivity index is 1.76. The van der Waals surface area contributed by atoms with E-state index in [4.69, 9.17) is 0 Å². The number of rotatable bonds is 7. The molecule has 0 unspecified atom stereocenters. The summed E-state index contributed by atoms with van der Waals surface area (Å²) < 4.78 is 54.1. The van der Waals surface area contributed by atoms with E-state index in [1.54, 1.807) is 32.0 Å². The van der Waals surface area contributed by atoms with E-state index in [1.807, 2.05) is 6.07 Å². The Hall–Kier alpha value is -2.78. The second-order valence-corrected chi connectivity index (χ2v) is 11.3. The number of carbonyl (C=O) groups is 1. The van der Waals surface area contributed by atoms with Gasteiger partial charge in [-0.3, -0.25) is 4.79 Å². The fourth-order valence-corrected chi connectivity index (χ4v) is 6.81. The van der Waals surface area contributed by atoms with Gasteiger partial charge >= 0.3 is 0 Å². The third-order valence-electron chi connectivity index (χ3n) is 5.58. The molecule has 2 aromatic rings. The number of amides is 1. The van der Waals surface area contributed by atoms with Crippen LogP contribution in [0.5, 0.6) is 0 Å². The highest BCUT2D eigenvalue weighted by Crippen LogP contribution is 2.22. The van der Waals surface area contributed by atoms with Gasteiger partial charge in [0.2, 0.25) is 20.0 Å². The maximum absolute atomic E-state index is 13.0. The van der Waals surface area contributed by atoms with E-state index in [9.17, 15) is 26.9 Å². The molecular weight excluding hydrogens is 464 g/mol. The van der Waals surface area contributed by atoms with E-state index >= 15 is 0 Å². The largest absolute Gasteiger partial charge is 0.336 e. The summed E-state index contributed by atoms with van der Waals surface area (Å²) in [4.78, 5) is 14.5. The van der Waals surface area contributed by atoms with Crippen molar-refractivity contribution in [2.45, 2.75) is 23.6 Å². The van der Waals surface area contributed by atoms with E-state index in [0.717, 1.165) is 0 Å². The molecule has 0 N–H and O–H groups in total. The lowest BCUT2D eigenvalue weighted by Gasteiger charge is -2.34. The molecule has 0 radical (unpaired) electrons. The number of carbonyl (C=O) groups excluding carboxylic acids is 1. The van der Waals surface area contributed by atoms with Gasteiger partial charge in [0.15, 0.2) is 0 Å². The van der Waals surface area contributed by atoms with Crippen LogP contribution in [0.15, 0.2) is 58.3 Å². The van der Waals surface area contributed by atoms with Crippen LogP contribution in [0.3, 0.4) is 0 Å². The first-order valence-corrected chi connectivity index (χ1v) is 13.4. The van der Waals surface area contributed by atoms with Crippen molar-refractivity contribution in [3.05, 3.63) is 59.7 Å². The SMILES string of the molecule is CCN(CC)S(=O)(=O)c1cccc(C(=O)N2CCN(S(=O)(=O)c3ccccc3C#N)CC2)c1. The summed E-state index contributed by atoms with van der Waals surface area (Å²) >= 11 is 0. The van der Waals surface area contributed by atoms with Crippen LogP contribution in [0.2, 0.25) is 0 Å². The van der Waals surface area contributed by atoms with Crippen LogP contribution in [0.1, 0.15) is 29.8 Å².